The molecular weight excluding hydrogens is 369 g/mol. The zero-order chi connectivity index (χ0) is 18.9. The number of benzene rings is 3. The summed E-state index contributed by atoms with van der Waals surface area (Å²) < 4.78 is 38.7. The van der Waals surface area contributed by atoms with Crippen molar-refractivity contribution in [3.8, 4) is 5.75 Å². The van der Waals surface area contributed by atoms with Crippen molar-refractivity contribution in [3.05, 3.63) is 65.2 Å². The number of nitrogens with one attached hydrogen (secondary N) is 2. The molecule has 3 N–H and O–H groups in total. The molecule has 0 saturated heterocycles. The number of phenols is 1. The Morgan fingerprint density at radius 1 is 1.00 bits per heavy atom. The zero-order valence-electron chi connectivity index (χ0n) is 13.1. The molecule has 0 aliphatic rings. The number of urea groups is 1. The normalized spacial score (nSPS) is 11.4. The Morgan fingerprint density at radius 3 is 2.50 bits per heavy atom. The molecule has 0 heterocycles. The Kier molecular flexibility index (Phi) is 4.65. The van der Waals surface area contributed by atoms with Gasteiger partial charge in [0.15, 0.2) is 0 Å². The first-order valence-electron chi connectivity index (χ1n) is 7.40. The van der Waals surface area contributed by atoms with E-state index < -0.39 is 22.8 Å². The number of fused-ring (bicyclic) bond motifs is 1. The Labute approximate surface area is 151 Å². The Hall–Kier alpha value is -2.93. The lowest BCUT2D eigenvalue weighted by molar-refractivity contribution is -0.137. The molecule has 0 spiro atoms. The summed E-state index contributed by atoms with van der Waals surface area (Å²) in [5, 5.41) is 15.4. The van der Waals surface area contributed by atoms with Crippen LogP contribution >= 0.6 is 11.6 Å². The van der Waals surface area contributed by atoms with Crippen LogP contribution in [0.3, 0.4) is 0 Å². The average Bonchev–Trinajstić information content (AvgIpc) is 2.56. The van der Waals surface area contributed by atoms with Crippen LogP contribution in [0.5, 0.6) is 5.75 Å². The van der Waals surface area contributed by atoms with Crippen molar-refractivity contribution in [2.45, 2.75) is 6.18 Å². The number of hydrogen-bond acceptors (Lipinski definition) is 2. The highest BCUT2D eigenvalue weighted by Gasteiger charge is 2.33. The van der Waals surface area contributed by atoms with Crippen LogP contribution in [-0.2, 0) is 6.18 Å². The van der Waals surface area contributed by atoms with Gasteiger partial charge in [0.2, 0.25) is 0 Å². The summed E-state index contributed by atoms with van der Waals surface area (Å²) >= 11 is 5.56. The minimum Gasteiger partial charge on any atom is -0.508 e. The van der Waals surface area contributed by atoms with E-state index in [1.807, 2.05) is 0 Å². The van der Waals surface area contributed by atoms with Gasteiger partial charge in [0, 0.05) is 11.1 Å². The second-order valence-electron chi connectivity index (χ2n) is 5.48. The molecule has 4 nitrogen and oxygen atoms in total. The molecule has 0 saturated carbocycles. The predicted molar refractivity (Wildman–Crippen MR) is 94.7 cm³/mol. The molecule has 0 aliphatic heterocycles. The molecule has 0 unspecified atom stereocenters. The van der Waals surface area contributed by atoms with Crippen LogP contribution in [0.2, 0.25) is 5.02 Å². The lowest BCUT2D eigenvalue weighted by atomic mass is 10.1. The first-order valence-corrected chi connectivity index (χ1v) is 7.78. The van der Waals surface area contributed by atoms with Gasteiger partial charge in [0.05, 0.1) is 16.3 Å². The maximum absolute atomic E-state index is 12.9. The van der Waals surface area contributed by atoms with E-state index in [1.54, 1.807) is 24.3 Å². The summed E-state index contributed by atoms with van der Waals surface area (Å²) in [7, 11) is 0. The first kappa shape index (κ1) is 17.9. The van der Waals surface area contributed by atoms with Crippen molar-refractivity contribution in [2.24, 2.45) is 0 Å². The number of carbonyl (C=O) groups excluding carboxylic acids is 1. The summed E-state index contributed by atoms with van der Waals surface area (Å²) in [4.78, 5) is 12.2. The number of aromatic hydroxyl groups is 1. The molecule has 3 aromatic rings. The minimum absolute atomic E-state index is 0.0275. The van der Waals surface area contributed by atoms with Crippen molar-refractivity contribution >= 4 is 39.8 Å². The summed E-state index contributed by atoms with van der Waals surface area (Å²) in [6, 6.07) is 12.2. The topological polar surface area (TPSA) is 61.4 Å². The number of phenolic OH excluding ortho intramolecular Hbond substituents is 1. The van der Waals surface area contributed by atoms with Gasteiger partial charge >= 0.3 is 12.2 Å². The number of anilines is 2. The van der Waals surface area contributed by atoms with Gasteiger partial charge in [-0.2, -0.15) is 13.2 Å². The zero-order valence-corrected chi connectivity index (χ0v) is 13.8. The monoisotopic (exact) mass is 380 g/mol. The highest BCUT2D eigenvalue weighted by atomic mass is 35.5. The SMILES string of the molecule is O=C(Nc1ccc(Cl)c(C(F)(F)F)c1)Nc1cccc2ccc(O)cc12. The molecule has 3 aromatic carbocycles. The first-order chi connectivity index (χ1) is 12.2. The molecule has 0 atom stereocenters. The Bertz CT molecular complexity index is 990. The number of hydrogen-bond donors (Lipinski definition) is 3. The summed E-state index contributed by atoms with van der Waals surface area (Å²) in [5.41, 5.74) is -0.685. The average molecular weight is 381 g/mol. The quantitative estimate of drug-likeness (QED) is 0.521. The van der Waals surface area contributed by atoms with E-state index in [0.29, 0.717) is 11.1 Å². The smallest absolute Gasteiger partial charge is 0.417 e. The molecule has 3 rings (SSSR count). The molecule has 0 aliphatic carbocycles. The highest BCUT2D eigenvalue weighted by Crippen LogP contribution is 2.36. The fourth-order valence-electron chi connectivity index (χ4n) is 2.47. The molecule has 0 bridgehead atoms. The van der Waals surface area contributed by atoms with Crippen molar-refractivity contribution in [1.82, 2.24) is 0 Å². The molecule has 26 heavy (non-hydrogen) atoms. The molecule has 134 valence electrons. The molecule has 0 radical (unpaired) electrons. The van der Waals surface area contributed by atoms with E-state index in [9.17, 15) is 23.1 Å². The Balaban J connectivity index is 1.83. The molecule has 0 aromatic heterocycles. The van der Waals surface area contributed by atoms with Gasteiger partial charge < -0.3 is 15.7 Å². The van der Waals surface area contributed by atoms with Crippen LogP contribution < -0.4 is 10.6 Å². The van der Waals surface area contributed by atoms with E-state index in [4.69, 9.17) is 11.6 Å². The maximum atomic E-state index is 12.9. The van der Waals surface area contributed by atoms with Crippen LogP contribution in [-0.4, -0.2) is 11.1 Å². The third kappa shape index (κ3) is 3.83. The highest BCUT2D eigenvalue weighted by molar-refractivity contribution is 6.31. The van der Waals surface area contributed by atoms with E-state index >= 15 is 0 Å². The lowest BCUT2D eigenvalue weighted by Crippen LogP contribution is -2.20. The number of halogens is 4. The maximum Gasteiger partial charge on any atom is 0.417 e. The van der Waals surface area contributed by atoms with Crippen LogP contribution in [0.1, 0.15) is 5.56 Å². The summed E-state index contributed by atoms with van der Waals surface area (Å²) in [6.07, 6.45) is -4.63. The second kappa shape index (κ2) is 6.76. The van der Waals surface area contributed by atoms with Crippen molar-refractivity contribution < 1.29 is 23.1 Å². The molecular formula is C18H12ClF3N2O2. The largest absolute Gasteiger partial charge is 0.508 e. The van der Waals surface area contributed by atoms with Crippen molar-refractivity contribution in [2.75, 3.05) is 10.6 Å². The predicted octanol–water partition coefficient (Wildman–Crippen LogP) is 5.86. The van der Waals surface area contributed by atoms with Gasteiger partial charge in [0.25, 0.3) is 0 Å². The Morgan fingerprint density at radius 2 is 1.77 bits per heavy atom. The minimum atomic E-state index is -4.63. The van der Waals surface area contributed by atoms with Gasteiger partial charge in [-0.3, -0.25) is 0 Å². The van der Waals surface area contributed by atoms with Crippen LogP contribution in [0.4, 0.5) is 29.3 Å². The van der Waals surface area contributed by atoms with Crippen LogP contribution in [0.15, 0.2) is 54.6 Å². The fraction of sp³-hybridized carbons (Fsp3) is 0.0556. The third-order valence-electron chi connectivity index (χ3n) is 3.64. The van der Waals surface area contributed by atoms with E-state index in [0.717, 1.165) is 17.5 Å². The number of amides is 2. The van der Waals surface area contributed by atoms with Gasteiger partial charge in [-0.1, -0.05) is 29.8 Å². The van der Waals surface area contributed by atoms with E-state index in [2.05, 4.69) is 10.6 Å². The van der Waals surface area contributed by atoms with Gasteiger partial charge in [0.1, 0.15) is 5.75 Å². The summed E-state index contributed by atoms with van der Waals surface area (Å²) in [5.74, 6) is 0.0275. The van der Waals surface area contributed by atoms with E-state index in [1.165, 1.54) is 18.2 Å². The van der Waals surface area contributed by atoms with Crippen LogP contribution in [0.25, 0.3) is 10.8 Å². The van der Waals surface area contributed by atoms with Crippen molar-refractivity contribution in [3.63, 3.8) is 0 Å². The van der Waals surface area contributed by atoms with Crippen LogP contribution in [0, 0.1) is 0 Å². The number of rotatable bonds is 2. The van der Waals surface area contributed by atoms with Gasteiger partial charge in [-0.15, -0.1) is 0 Å². The number of carbonyl (C=O) groups is 1. The summed E-state index contributed by atoms with van der Waals surface area (Å²) in [6.45, 7) is 0. The fourth-order valence-corrected chi connectivity index (χ4v) is 2.70. The number of alkyl halides is 3. The van der Waals surface area contributed by atoms with Gasteiger partial charge in [-0.25, -0.2) is 4.79 Å². The van der Waals surface area contributed by atoms with Crippen molar-refractivity contribution in [1.29, 1.82) is 0 Å². The lowest BCUT2D eigenvalue weighted by Gasteiger charge is -2.13. The molecule has 8 heteroatoms. The second-order valence-corrected chi connectivity index (χ2v) is 5.89. The third-order valence-corrected chi connectivity index (χ3v) is 3.97. The van der Waals surface area contributed by atoms with Gasteiger partial charge in [-0.05, 0) is 41.8 Å². The standard InChI is InChI=1S/C18H12ClF3N2O2/c19-15-7-5-11(8-14(15)18(20,21)22)23-17(26)24-16-3-1-2-10-4-6-12(25)9-13(10)16/h1-9,25H,(H2,23,24,26). The molecule has 2 amide bonds. The van der Waals surface area contributed by atoms with E-state index in [-0.39, 0.29) is 11.4 Å². The molecule has 0 fully saturated rings.